The number of carbonyl (C=O) groups excluding carboxylic acids is 1. The van der Waals surface area contributed by atoms with Gasteiger partial charge in [0.25, 0.3) is 5.08 Å². The van der Waals surface area contributed by atoms with Crippen LogP contribution in [0.2, 0.25) is 0 Å². The van der Waals surface area contributed by atoms with Gasteiger partial charge in [-0.3, -0.25) is 18.6 Å². The van der Waals surface area contributed by atoms with Crippen molar-refractivity contribution in [2.24, 2.45) is 5.73 Å². The second kappa shape index (κ2) is 10.9. The molecule has 9 N–H and O–H groups in total. The van der Waals surface area contributed by atoms with Gasteiger partial charge in [0, 0.05) is 43.9 Å². The van der Waals surface area contributed by atoms with Crippen LogP contribution in [-0.2, 0) is 26.9 Å². The molecule has 15 heteroatoms. The molecule has 0 fully saturated rings. The molecule has 1 aromatic heterocycles. The highest BCUT2D eigenvalue weighted by atomic mass is 31.2. The molecule has 1 amide bonds. The summed E-state index contributed by atoms with van der Waals surface area (Å²) < 4.78 is 24.4. The van der Waals surface area contributed by atoms with Crippen molar-refractivity contribution in [2.75, 3.05) is 26.2 Å². The first-order valence-corrected chi connectivity index (χ1v) is 12.5. The Morgan fingerprint density at radius 1 is 1.13 bits per heavy atom. The minimum absolute atomic E-state index is 0.0230. The van der Waals surface area contributed by atoms with Crippen molar-refractivity contribution in [1.29, 1.82) is 0 Å². The smallest absolute Gasteiger partial charge is 0.368 e. The van der Waals surface area contributed by atoms with Crippen LogP contribution in [-0.4, -0.2) is 71.6 Å². The molecular formula is C15H31N5O8P2. The van der Waals surface area contributed by atoms with E-state index < -0.39 is 32.6 Å². The van der Waals surface area contributed by atoms with Crippen molar-refractivity contribution in [2.45, 2.75) is 44.7 Å². The van der Waals surface area contributed by atoms with Gasteiger partial charge in [-0.25, -0.2) is 0 Å². The van der Waals surface area contributed by atoms with Gasteiger partial charge in [-0.05, 0) is 20.3 Å². The van der Waals surface area contributed by atoms with Crippen LogP contribution in [0, 0.1) is 13.8 Å². The highest BCUT2D eigenvalue weighted by Gasteiger charge is 2.58. The molecule has 0 bridgehead atoms. The van der Waals surface area contributed by atoms with E-state index in [9.17, 15) is 19.0 Å². The molecule has 1 aromatic rings. The number of rotatable bonds is 13. The number of aryl methyl sites for hydroxylation is 1. The van der Waals surface area contributed by atoms with E-state index in [0.29, 0.717) is 31.9 Å². The second-order valence-corrected chi connectivity index (χ2v) is 10.9. The van der Waals surface area contributed by atoms with E-state index in [4.69, 9.17) is 25.3 Å². The number of nitrogens with two attached hydrogens (primary N) is 1. The number of hydrogen-bond acceptors (Lipinski definition) is 7. The summed E-state index contributed by atoms with van der Waals surface area (Å²) in [6.07, 6.45) is -1.11. The lowest BCUT2D eigenvalue weighted by Gasteiger charge is -2.29. The van der Waals surface area contributed by atoms with Crippen LogP contribution in [0.4, 0.5) is 0 Å². The largest absolute Gasteiger partial charge is 0.369 e. The monoisotopic (exact) mass is 471 g/mol. The van der Waals surface area contributed by atoms with Crippen molar-refractivity contribution in [3.05, 3.63) is 17.0 Å². The lowest BCUT2D eigenvalue weighted by atomic mass is 10.1. The zero-order chi connectivity index (χ0) is 23.2. The molecule has 0 spiro atoms. The van der Waals surface area contributed by atoms with Crippen molar-refractivity contribution in [3.8, 4) is 0 Å². The third kappa shape index (κ3) is 6.94. The summed E-state index contributed by atoms with van der Waals surface area (Å²) >= 11 is 0. The number of aliphatic hydroxyl groups is 1. The number of hydrogen-bond donors (Lipinski definition) is 8. The number of amides is 1. The first-order valence-electron chi connectivity index (χ1n) is 9.28. The Morgan fingerprint density at radius 2 is 1.73 bits per heavy atom. The number of nitrogens with one attached hydrogen (secondary N) is 2. The minimum Gasteiger partial charge on any atom is -0.368 e. The minimum atomic E-state index is -5.50. The van der Waals surface area contributed by atoms with Crippen molar-refractivity contribution < 1.29 is 38.6 Å². The number of aromatic nitrogens is 2. The normalized spacial score (nSPS) is 12.9. The van der Waals surface area contributed by atoms with Crippen molar-refractivity contribution >= 4 is 21.1 Å². The molecule has 0 aliphatic rings. The molecule has 1 heterocycles. The van der Waals surface area contributed by atoms with Gasteiger partial charge >= 0.3 is 15.2 Å². The maximum Gasteiger partial charge on any atom is 0.369 e. The van der Waals surface area contributed by atoms with E-state index in [1.165, 1.54) is 0 Å². The average Bonchev–Trinajstić information content (AvgIpc) is 2.88. The molecule has 13 nitrogen and oxygen atoms in total. The van der Waals surface area contributed by atoms with Crippen LogP contribution in [0.15, 0.2) is 0 Å². The molecule has 0 unspecified atom stereocenters. The van der Waals surface area contributed by atoms with E-state index in [2.05, 4.69) is 15.7 Å². The molecular weight excluding hydrogens is 440 g/mol. The summed E-state index contributed by atoms with van der Waals surface area (Å²) in [5, 5.41) is 16.4. The lowest BCUT2D eigenvalue weighted by Crippen LogP contribution is -2.32. The summed E-state index contributed by atoms with van der Waals surface area (Å²) in [4.78, 5) is 48.6. The number of nitrogens with zero attached hydrogens (tertiary/aromatic N) is 2. The topological polar surface area (TPSA) is 220 Å². The maximum atomic E-state index is 12.2. The second-order valence-electron chi connectivity index (χ2n) is 6.90. The maximum absolute atomic E-state index is 12.2. The molecule has 30 heavy (non-hydrogen) atoms. The van der Waals surface area contributed by atoms with Gasteiger partial charge in [0.15, 0.2) is 0 Å². The SMILES string of the molecule is Cc1nn(CCNCCN)c(C)c1CC(=O)NCCCC(O)(P(=O)(O)O)P(=O)(O)O. The van der Waals surface area contributed by atoms with Gasteiger partial charge in [0.2, 0.25) is 5.91 Å². The van der Waals surface area contributed by atoms with E-state index in [-0.39, 0.29) is 19.4 Å². The van der Waals surface area contributed by atoms with Crippen LogP contribution in [0.25, 0.3) is 0 Å². The molecule has 0 aromatic carbocycles. The van der Waals surface area contributed by atoms with Crippen LogP contribution in [0.3, 0.4) is 0 Å². The Balaban J connectivity index is 2.61. The van der Waals surface area contributed by atoms with Gasteiger partial charge in [0.05, 0.1) is 18.7 Å². The van der Waals surface area contributed by atoms with E-state index in [1.54, 1.807) is 11.6 Å². The van der Waals surface area contributed by atoms with E-state index in [0.717, 1.165) is 11.3 Å². The van der Waals surface area contributed by atoms with Gasteiger partial charge in [0.1, 0.15) is 0 Å². The summed E-state index contributed by atoms with van der Waals surface area (Å²) in [5.41, 5.74) is 7.68. The molecule has 0 aliphatic heterocycles. The lowest BCUT2D eigenvalue weighted by molar-refractivity contribution is -0.120. The molecule has 174 valence electrons. The fraction of sp³-hybridized carbons (Fsp3) is 0.733. The standard InChI is InChI=1S/C15H31N5O8P2/c1-11-13(12(2)20(19-11)9-8-17-7-5-16)10-14(21)18-6-3-4-15(22,29(23,24)25)30(26,27)28/h17,22H,3-10,16H2,1-2H3,(H,18,21)(H2,23,24,25)(H2,26,27,28). The average molecular weight is 471 g/mol. The Kier molecular flexibility index (Phi) is 9.81. The molecule has 0 aliphatic carbocycles. The Hall–Kier alpha value is -1.14. The summed E-state index contributed by atoms with van der Waals surface area (Å²) in [6.45, 7) is 5.99. The fourth-order valence-electron chi connectivity index (χ4n) is 2.86. The van der Waals surface area contributed by atoms with Crippen LogP contribution in [0.5, 0.6) is 0 Å². The summed E-state index contributed by atoms with van der Waals surface area (Å²) in [6, 6.07) is 0. The quantitative estimate of drug-likeness (QED) is 0.122. The first-order chi connectivity index (χ1) is 13.7. The highest BCUT2D eigenvalue weighted by molar-refractivity contribution is 7.72. The third-order valence-electron chi connectivity index (χ3n) is 4.63. The number of carbonyl (C=O) groups is 1. The fourth-order valence-corrected chi connectivity index (χ4v) is 5.11. The predicted molar refractivity (Wildman–Crippen MR) is 109 cm³/mol. The van der Waals surface area contributed by atoms with Gasteiger partial charge in [-0.1, -0.05) is 0 Å². The highest BCUT2D eigenvalue weighted by Crippen LogP contribution is 2.69. The van der Waals surface area contributed by atoms with Gasteiger partial charge in [-0.15, -0.1) is 0 Å². The third-order valence-corrected chi connectivity index (χ3v) is 8.51. The van der Waals surface area contributed by atoms with Crippen LogP contribution < -0.4 is 16.4 Å². The zero-order valence-corrected chi connectivity index (χ0v) is 18.8. The van der Waals surface area contributed by atoms with Crippen molar-refractivity contribution in [1.82, 2.24) is 20.4 Å². The van der Waals surface area contributed by atoms with Gasteiger partial charge < -0.3 is 41.0 Å². The van der Waals surface area contributed by atoms with E-state index >= 15 is 0 Å². The Labute approximate surface area is 174 Å². The summed E-state index contributed by atoms with van der Waals surface area (Å²) in [7, 11) is -11.0. The Bertz CT molecular complexity index is 796. The zero-order valence-electron chi connectivity index (χ0n) is 17.0. The van der Waals surface area contributed by atoms with Crippen molar-refractivity contribution in [3.63, 3.8) is 0 Å². The molecule has 0 saturated heterocycles. The first kappa shape index (κ1) is 26.9. The molecule has 0 saturated carbocycles. The van der Waals surface area contributed by atoms with E-state index in [1.807, 2.05) is 6.92 Å². The Morgan fingerprint density at radius 3 is 2.27 bits per heavy atom. The molecule has 0 radical (unpaired) electrons. The molecule has 1 rings (SSSR count). The predicted octanol–water partition coefficient (Wildman–Crippen LogP) is -1.51. The molecule has 0 atom stereocenters. The van der Waals surface area contributed by atoms with Crippen LogP contribution >= 0.6 is 15.2 Å². The summed E-state index contributed by atoms with van der Waals surface area (Å²) in [5.74, 6) is -0.391. The van der Waals surface area contributed by atoms with Crippen LogP contribution in [0.1, 0.15) is 29.8 Å². The van der Waals surface area contributed by atoms with Gasteiger partial charge in [-0.2, -0.15) is 5.10 Å².